The summed E-state index contributed by atoms with van der Waals surface area (Å²) in [6.07, 6.45) is 1.76. The molecule has 0 aliphatic rings. The maximum absolute atomic E-state index is 11.2. The number of rotatable bonds is 4. The van der Waals surface area contributed by atoms with Gasteiger partial charge in [-0.3, -0.25) is 0 Å². The number of ether oxygens (including phenoxy) is 1. The van der Waals surface area contributed by atoms with E-state index in [0.717, 1.165) is 29.4 Å². The topological polar surface area (TPSA) is 39.4 Å². The van der Waals surface area contributed by atoms with Crippen LogP contribution in [-0.4, -0.2) is 7.11 Å². The van der Waals surface area contributed by atoms with Crippen molar-refractivity contribution in [3.8, 4) is 5.75 Å². The van der Waals surface area contributed by atoms with Gasteiger partial charge in [0.2, 0.25) is 0 Å². The first-order chi connectivity index (χ1) is 8.60. The van der Waals surface area contributed by atoms with Crippen LogP contribution in [0.25, 0.3) is 11.0 Å². The van der Waals surface area contributed by atoms with Crippen LogP contribution in [-0.2, 0) is 6.42 Å². The third-order valence-electron chi connectivity index (χ3n) is 2.85. The highest BCUT2D eigenvalue weighted by atomic mass is 16.5. The van der Waals surface area contributed by atoms with Gasteiger partial charge in [-0.15, -0.1) is 6.58 Å². The van der Waals surface area contributed by atoms with E-state index in [0.29, 0.717) is 11.3 Å². The Hall–Kier alpha value is -2.03. The molecule has 0 saturated carbocycles. The average molecular weight is 244 g/mol. The van der Waals surface area contributed by atoms with Crippen LogP contribution in [0.2, 0.25) is 0 Å². The Balaban J connectivity index is 2.54. The van der Waals surface area contributed by atoms with E-state index in [1.807, 2.05) is 13.0 Å². The molecule has 1 aromatic carbocycles. The number of hydrogen-bond acceptors (Lipinski definition) is 3. The van der Waals surface area contributed by atoms with Gasteiger partial charge >= 0.3 is 5.63 Å². The van der Waals surface area contributed by atoms with E-state index in [-0.39, 0.29) is 5.63 Å². The van der Waals surface area contributed by atoms with Crippen LogP contribution < -0.4 is 10.4 Å². The molecule has 0 unspecified atom stereocenters. The zero-order valence-electron chi connectivity index (χ0n) is 10.7. The van der Waals surface area contributed by atoms with Gasteiger partial charge in [-0.25, -0.2) is 4.79 Å². The summed E-state index contributed by atoms with van der Waals surface area (Å²) >= 11 is 0. The van der Waals surface area contributed by atoms with Crippen LogP contribution in [0.15, 0.2) is 45.6 Å². The molecule has 0 aliphatic heterocycles. The predicted octanol–water partition coefficient (Wildman–Crippen LogP) is 3.31. The lowest BCUT2D eigenvalue weighted by molar-refractivity contribution is 0.413. The van der Waals surface area contributed by atoms with Crippen molar-refractivity contribution in [2.75, 3.05) is 7.11 Å². The van der Waals surface area contributed by atoms with Crippen molar-refractivity contribution in [3.63, 3.8) is 0 Å². The summed E-state index contributed by atoms with van der Waals surface area (Å²) < 4.78 is 10.4. The summed E-state index contributed by atoms with van der Waals surface area (Å²) in [5.74, 6) is 0.702. The second-order valence-electron chi connectivity index (χ2n) is 4.41. The first-order valence-electron chi connectivity index (χ1n) is 5.85. The first-order valence-corrected chi connectivity index (χ1v) is 5.85. The van der Waals surface area contributed by atoms with Crippen molar-refractivity contribution in [1.29, 1.82) is 0 Å². The lowest BCUT2D eigenvalue weighted by Gasteiger charge is -2.08. The van der Waals surface area contributed by atoms with E-state index >= 15 is 0 Å². The van der Waals surface area contributed by atoms with Gasteiger partial charge in [-0.05, 0) is 37.5 Å². The quantitative estimate of drug-likeness (QED) is 0.612. The Bertz CT molecular complexity index is 638. The Kier molecular flexibility index (Phi) is 3.51. The minimum absolute atomic E-state index is 0.346. The molecule has 0 spiro atoms. The van der Waals surface area contributed by atoms with Crippen LogP contribution in [0.3, 0.4) is 0 Å². The molecular weight excluding hydrogens is 228 g/mol. The second kappa shape index (κ2) is 5.08. The van der Waals surface area contributed by atoms with Gasteiger partial charge in [0.15, 0.2) is 0 Å². The SMILES string of the molecule is C=C(C)CCc1cc(OC)cc2oc(=O)ccc12. The Morgan fingerprint density at radius 3 is 2.83 bits per heavy atom. The summed E-state index contributed by atoms with van der Waals surface area (Å²) in [5, 5.41) is 0.955. The molecule has 0 saturated heterocycles. The summed E-state index contributed by atoms with van der Waals surface area (Å²) in [6.45, 7) is 5.90. The van der Waals surface area contributed by atoms with Crippen molar-refractivity contribution in [3.05, 3.63) is 52.4 Å². The van der Waals surface area contributed by atoms with Crippen LogP contribution >= 0.6 is 0 Å². The molecule has 2 aromatic rings. The van der Waals surface area contributed by atoms with Gasteiger partial charge < -0.3 is 9.15 Å². The fraction of sp³-hybridized carbons (Fsp3) is 0.267. The number of fused-ring (bicyclic) bond motifs is 1. The molecule has 0 atom stereocenters. The van der Waals surface area contributed by atoms with Gasteiger partial charge in [-0.2, -0.15) is 0 Å². The molecule has 2 rings (SSSR count). The zero-order chi connectivity index (χ0) is 13.1. The largest absolute Gasteiger partial charge is 0.497 e. The van der Waals surface area contributed by atoms with Crippen LogP contribution in [0.4, 0.5) is 0 Å². The van der Waals surface area contributed by atoms with Crippen molar-refractivity contribution in [2.24, 2.45) is 0 Å². The van der Waals surface area contributed by atoms with Crippen LogP contribution in [0.5, 0.6) is 5.75 Å². The zero-order valence-corrected chi connectivity index (χ0v) is 10.7. The molecule has 3 nitrogen and oxygen atoms in total. The Morgan fingerprint density at radius 2 is 2.17 bits per heavy atom. The third kappa shape index (κ3) is 2.62. The minimum Gasteiger partial charge on any atom is -0.497 e. The van der Waals surface area contributed by atoms with Crippen molar-refractivity contribution in [1.82, 2.24) is 0 Å². The van der Waals surface area contributed by atoms with Gasteiger partial charge in [0.25, 0.3) is 0 Å². The van der Waals surface area contributed by atoms with Crippen molar-refractivity contribution >= 4 is 11.0 Å². The molecule has 3 heteroatoms. The number of methoxy groups -OCH3 is 1. The van der Waals surface area contributed by atoms with Crippen molar-refractivity contribution in [2.45, 2.75) is 19.8 Å². The summed E-state index contributed by atoms with van der Waals surface area (Å²) in [5.41, 5.74) is 2.46. The minimum atomic E-state index is -0.346. The van der Waals surface area contributed by atoms with Gasteiger partial charge in [0.05, 0.1) is 7.11 Å². The van der Waals surface area contributed by atoms with E-state index in [1.54, 1.807) is 19.2 Å². The molecule has 1 heterocycles. The standard InChI is InChI=1S/C15H16O3/c1-10(2)4-5-11-8-12(17-3)9-14-13(11)6-7-15(16)18-14/h6-9H,1,4-5H2,2-3H3. The summed E-state index contributed by atoms with van der Waals surface area (Å²) in [4.78, 5) is 11.2. The first kappa shape index (κ1) is 12.4. The maximum atomic E-state index is 11.2. The molecule has 1 aromatic heterocycles. The highest BCUT2D eigenvalue weighted by molar-refractivity contribution is 5.82. The third-order valence-corrected chi connectivity index (χ3v) is 2.85. The highest BCUT2D eigenvalue weighted by Crippen LogP contribution is 2.25. The molecule has 0 bridgehead atoms. The smallest absolute Gasteiger partial charge is 0.336 e. The second-order valence-corrected chi connectivity index (χ2v) is 4.41. The van der Waals surface area contributed by atoms with Gasteiger partial charge in [0, 0.05) is 17.5 Å². The Morgan fingerprint density at radius 1 is 1.39 bits per heavy atom. The monoisotopic (exact) mass is 244 g/mol. The molecule has 0 amide bonds. The lowest BCUT2D eigenvalue weighted by Crippen LogP contribution is -1.98. The van der Waals surface area contributed by atoms with Crippen LogP contribution in [0, 0.1) is 0 Å². The maximum Gasteiger partial charge on any atom is 0.336 e. The normalized spacial score (nSPS) is 10.6. The van der Waals surface area contributed by atoms with Gasteiger partial charge in [0.1, 0.15) is 11.3 Å². The molecule has 0 N–H and O–H groups in total. The summed E-state index contributed by atoms with van der Waals surface area (Å²) in [6, 6.07) is 6.96. The fourth-order valence-electron chi connectivity index (χ4n) is 1.90. The highest BCUT2D eigenvalue weighted by Gasteiger charge is 2.07. The van der Waals surface area contributed by atoms with E-state index < -0.39 is 0 Å². The average Bonchev–Trinajstić information content (AvgIpc) is 2.34. The molecule has 0 fully saturated rings. The molecular formula is C15H16O3. The molecule has 0 radical (unpaired) electrons. The molecule has 0 aliphatic carbocycles. The Labute approximate surface area is 106 Å². The summed E-state index contributed by atoms with van der Waals surface area (Å²) in [7, 11) is 1.60. The number of allylic oxidation sites excluding steroid dienone is 1. The predicted molar refractivity (Wildman–Crippen MR) is 72.2 cm³/mol. The van der Waals surface area contributed by atoms with Crippen LogP contribution in [0.1, 0.15) is 18.9 Å². The van der Waals surface area contributed by atoms with E-state index in [4.69, 9.17) is 9.15 Å². The molecule has 94 valence electrons. The van der Waals surface area contributed by atoms with E-state index in [1.165, 1.54) is 6.07 Å². The van der Waals surface area contributed by atoms with E-state index in [9.17, 15) is 4.79 Å². The fourth-order valence-corrected chi connectivity index (χ4v) is 1.90. The van der Waals surface area contributed by atoms with Crippen molar-refractivity contribution < 1.29 is 9.15 Å². The van der Waals surface area contributed by atoms with Gasteiger partial charge in [-0.1, -0.05) is 5.57 Å². The van der Waals surface area contributed by atoms with E-state index in [2.05, 4.69) is 6.58 Å². The number of aryl methyl sites for hydroxylation is 1. The lowest BCUT2D eigenvalue weighted by atomic mass is 10.0. The molecule has 18 heavy (non-hydrogen) atoms. The number of benzene rings is 1. The number of hydrogen-bond donors (Lipinski definition) is 0.